The Hall–Kier alpha value is -2.84. The zero-order chi connectivity index (χ0) is 35.0. The molecule has 4 unspecified atom stereocenters. The maximum Gasteiger partial charge on any atom is 0.261 e. The fourth-order valence-corrected chi connectivity index (χ4v) is 13.1. The monoisotopic (exact) mass is 731 g/mol. The van der Waals surface area contributed by atoms with Crippen LogP contribution in [0.1, 0.15) is 63.8 Å². The van der Waals surface area contributed by atoms with Gasteiger partial charge in [0.25, 0.3) is 14.2 Å². The maximum atomic E-state index is 14.3. The van der Waals surface area contributed by atoms with Gasteiger partial charge in [0.1, 0.15) is 12.2 Å². The Balaban J connectivity index is 1.41. The molecule has 0 saturated carbocycles. The predicted molar refractivity (Wildman–Crippen MR) is 210 cm³/mol. The molecular weight excluding hydrogens is 686 g/mol. The second-order valence-corrected chi connectivity index (χ2v) is 19.8. The summed E-state index contributed by atoms with van der Waals surface area (Å²) in [5.41, 5.74) is 1.90. The standard InChI is InChI=1S/C41H47Cl2NO3SSi/c1-6-15-37-40(45)44(38(30-22-24-32(42)25-23-30)39(47-37)31-16-14-17-33(43)28-31)34(7-2)29-48-27-26-46-49(41(3,4)5,35-18-10-8-11-19-35)36-20-12-9-13-21-36/h6,8-14,16-25,28,34,37-39H,1,7,15,26-27,29H2,2-5H3. The van der Waals surface area contributed by atoms with E-state index >= 15 is 0 Å². The van der Waals surface area contributed by atoms with Gasteiger partial charge in [-0.3, -0.25) is 4.79 Å². The summed E-state index contributed by atoms with van der Waals surface area (Å²) >= 11 is 14.7. The number of carbonyl (C=O) groups is 1. The molecule has 0 radical (unpaired) electrons. The SMILES string of the molecule is C=CCC1OC(c2cccc(Cl)c2)C(c2ccc(Cl)cc2)N(C(CC)CSCCO[Si](c2ccccc2)(c2ccccc2)C(C)(C)C)C1=O. The molecule has 4 atom stereocenters. The van der Waals surface area contributed by atoms with E-state index in [0.717, 1.165) is 29.1 Å². The van der Waals surface area contributed by atoms with Gasteiger partial charge in [-0.15, -0.1) is 6.58 Å². The lowest BCUT2D eigenvalue weighted by molar-refractivity contribution is -0.178. The van der Waals surface area contributed by atoms with Gasteiger partial charge in [0.15, 0.2) is 0 Å². The van der Waals surface area contributed by atoms with Crippen molar-refractivity contribution in [2.75, 3.05) is 18.1 Å². The van der Waals surface area contributed by atoms with E-state index in [9.17, 15) is 4.79 Å². The molecule has 1 amide bonds. The molecule has 49 heavy (non-hydrogen) atoms. The van der Waals surface area contributed by atoms with Gasteiger partial charge in [0.2, 0.25) is 0 Å². The molecule has 4 nitrogen and oxygen atoms in total. The number of morpholine rings is 1. The molecule has 1 heterocycles. The summed E-state index contributed by atoms with van der Waals surface area (Å²) in [5.74, 6) is 1.55. The molecule has 0 spiro atoms. The lowest BCUT2D eigenvalue weighted by Gasteiger charge is -2.48. The van der Waals surface area contributed by atoms with Crippen molar-refractivity contribution in [1.29, 1.82) is 0 Å². The van der Waals surface area contributed by atoms with E-state index in [2.05, 4.69) is 99.8 Å². The van der Waals surface area contributed by atoms with E-state index in [1.165, 1.54) is 10.4 Å². The molecular formula is C41H47Cl2NO3SSi. The zero-order valence-corrected chi connectivity index (χ0v) is 32.2. The van der Waals surface area contributed by atoms with Crippen LogP contribution in [-0.4, -0.2) is 49.4 Å². The quantitative estimate of drug-likeness (QED) is 0.0736. The summed E-state index contributed by atoms with van der Waals surface area (Å²) in [6, 6.07) is 36.6. The molecule has 8 heteroatoms. The first-order valence-corrected chi connectivity index (χ1v) is 20.8. The second kappa shape index (κ2) is 16.9. The predicted octanol–water partition coefficient (Wildman–Crippen LogP) is 9.67. The average Bonchev–Trinajstić information content (AvgIpc) is 3.10. The Kier molecular flexibility index (Phi) is 12.9. The van der Waals surface area contributed by atoms with Crippen LogP contribution in [0.15, 0.2) is 122 Å². The summed E-state index contributed by atoms with van der Waals surface area (Å²) < 4.78 is 13.8. The number of thioether (sulfide) groups is 1. The molecule has 4 aromatic rings. The van der Waals surface area contributed by atoms with Crippen LogP contribution in [0.4, 0.5) is 0 Å². The Bertz CT molecular complexity index is 1630. The molecule has 0 N–H and O–H groups in total. The third-order valence-corrected chi connectivity index (χ3v) is 15.9. The van der Waals surface area contributed by atoms with Gasteiger partial charge in [-0.2, -0.15) is 11.8 Å². The van der Waals surface area contributed by atoms with Crippen LogP contribution in [0.25, 0.3) is 0 Å². The highest BCUT2D eigenvalue weighted by Gasteiger charge is 2.50. The summed E-state index contributed by atoms with van der Waals surface area (Å²) in [6.07, 6.45) is 1.93. The maximum absolute atomic E-state index is 14.3. The van der Waals surface area contributed by atoms with Gasteiger partial charge in [0, 0.05) is 40.6 Å². The van der Waals surface area contributed by atoms with Crippen molar-refractivity contribution < 1.29 is 14.0 Å². The van der Waals surface area contributed by atoms with Gasteiger partial charge in [-0.25, -0.2) is 0 Å². The van der Waals surface area contributed by atoms with Crippen molar-refractivity contribution in [2.24, 2.45) is 0 Å². The number of amides is 1. The number of benzene rings is 4. The molecule has 258 valence electrons. The Morgan fingerprint density at radius 3 is 2.08 bits per heavy atom. The summed E-state index contributed by atoms with van der Waals surface area (Å²) in [6.45, 7) is 13.6. The van der Waals surface area contributed by atoms with Gasteiger partial charge < -0.3 is 14.1 Å². The largest absolute Gasteiger partial charge is 0.407 e. The average molecular weight is 733 g/mol. The van der Waals surface area contributed by atoms with Crippen LogP contribution >= 0.6 is 35.0 Å². The lowest BCUT2D eigenvalue weighted by Crippen LogP contribution is -2.66. The van der Waals surface area contributed by atoms with Gasteiger partial charge in [-0.05, 0) is 57.2 Å². The van der Waals surface area contributed by atoms with E-state index < -0.39 is 20.5 Å². The van der Waals surface area contributed by atoms with Gasteiger partial charge in [-0.1, -0.05) is 142 Å². The Morgan fingerprint density at radius 2 is 1.53 bits per heavy atom. The molecule has 0 aromatic heterocycles. The summed E-state index contributed by atoms with van der Waals surface area (Å²) in [5, 5.41) is 3.73. The third kappa shape index (κ3) is 8.38. The van der Waals surface area contributed by atoms with Crippen LogP contribution in [0.5, 0.6) is 0 Å². The molecule has 5 rings (SSSR count). The van der Waals surface area contributed by atoms with Crippen LogP contribution in [0, 0.1) is 0 Å². The number of carbonyl (C=O) groups excluding carboxylic acids is 1. The minimum atomic E-state index is -2.63. The molecule has 1 fully saturated rings. The van der Waals surface area contributed by atoms with E-state index in [1.807, 2.05) is 60.3 Å². The van der Waals surface area contributed by atoms with Crippen molar-refractivity contribution in [2.45, 2.75) is 69.9 Å². The highest BCUT2D eigenvalue weighted by atomic mass is 35.5. The zero-order valence-electron chi connectivity index (χ0n) is 28.9. The number of hydrogen-bond donors (Lipinski definition) is 0. The van der Waals surface area contributed by atoms with Crippen LogP contribution in [0.3, 0.4) is 0 Å². The van der Waals surface area contributed by atoms with Crippen molar-refractivity contribution in [1.82, 2.24) is 4.90 Å². The topological polar surface area (TPSA) is 38.8 Å². The smallest absolute Gasteiger partial charge is 0.261 e. The van der Waals surface area contributed by atoms with Crippen LogP contribution in [0.2, 0.25) is 15.1 Å². The second-order valence-electron chi connectivity index (χ2n) is 13.5. The lowest BCUT2D eigenvalue weighted by atomic mass is 9.89. The number of halogens is 2. The molecule has 1 saturated heterocycles. The Morgan fingerprint density at radius 1 is 0.898 bits per heavy atom. The van der Waals surface area contributed by atoms with E-state index in [4.69, 9.17) is 32.4 Å². The molecule has 4 aromatic carbocycles. The molecule has 0 bridgehead atoms. The Labute approximate surface area is 307 Å². The normalized spacial score (nSPS) is 19.1. The highest BCUT2D eigenvalue weighted by molar-refractivity contribution is 7.99. The number of ether oxygens (including phenoxy) is 1. The van der Waals surface area contributed by atoms with Crippen LogP contribution in [-0.2, 0) is 14.0 Å². The summed E-state index contributed by atoms with van der Waals surface area (Å²) in [7, 11) is -2.63. The van der Waals surface area contributed by atoms with E-state index in [-0.39, 0.29) is 23.0 Å². The minimum absolute atomic E-state index is 0.0193. The van der Waals surface area contributed by atoms with Gasteiger partial charge >= 0.3 is 0 Å². The molecule has 1 aliphatic heterocycles. The van der Waals surface area contributed by atoms with Gasteiger partial charge in [0.05, 0.1) is 6.04 Å². The van der Waals surface area contributed by atoms with Crippen molar-refractivity contribution in [3.63, 3.8) is 0 Å². The number of nitrogens with zero attached hydrogens (tertiary/aromatic N) is 1. The first kappa shape index (κ1) is 37.4. The number of rotatable bonds is 14. The van der Waals surface area contributed by atoms with E-state index in [0.29, 0.717) is 23.1 Å². The van der Waals surface area contributed by atoms with Crippen molar-refractivity contribution in [3.05, 3.63) is 143 Å². The first-order chi connectivity index (χ1) is 23.6. The van der Waals surface area contributed by atoms with Crippen LogP contribution < -0.4 is 10.4 Å². The van der Waals surface area contributed by atoms with Crippen molar-refractivity contribution >= 4 is 59.6 Å². The summed E-state index contributed by atoms with van der Waals surface area (Å²) in [4.78, 5) is 16.4. The fourth-order valence-electron chi connectivity index (χ4n) is 7.04. The molecule has 0 aliphatic carbocycles. The van der Waals surface area contributed by atoms with Crippen molar-refractivity contribution in [3.8, 4) is 0 Å². The fraction of sp³-hybridized carbons (Fsp3) is 0.341. The molecule has 1 aliphatic rings. The minimum Gasteiger partial charge on any atom is -0.407 e. The first-order valence-electron chi connectivity index (χ1n) is 17.0. The highest BCUT2D eigenvalue weighted by Crippen LogP contribution is 2.45. The third-order valence-electron chi connectivity index (χ3n) is 9.33. The number of hydrogen-bond acceptors (Lipinski definition) is 4. The van der Waals surface area contributed by atoms with E-state index in [1.54, 1.807) is 6.08 Å².